The Morgan fingerprint density at radius 3 is 2.67 bits per heavy atom. The standard InChI is InChI=1S/C30H30F2N4O4/c1-3-19-22(31)6-5-17-11-18(38)12-20(23(17)19)25-24(32)26-21(13-33-25)27(36-10-4-7-29(2,39)14-36)35-28(34-26)40-16-30(15-37)8-9-30/h5-6,11-13,15,38-39H,3-4,7-10,14,16H2,1-2H3/t29-/m1/s1. The number of pyridine rings is 1. The summed E-state index contributed by atoms with van der Waals surface area (Å²) in [5.41, 5.74) is -1.05. The van der Waals surface area contributed by atoms with Gasteiger partial charge in [0, 0.05) is 24.8 Å². The Morgan fingerprint density at radius 2 is 1.98 bits per heavy atom. The predicted molar refractivity (Wildman–Crippen MR) is 147 cm³/mol. The van der Waals surface area contributed by atoms with E-state index in [2.05, 4.69) is 15.0 Å². The zero-order valence-electron chi connectivity index (χ0n) is 22.4. The van der Waals surface area contributed by atoms with Gasteiger partial charge in [0.2, 0.25) is 0 Å². The van der Waals surface area contributed by atoms with Gasteiger partial charge < -0.3 is 24.6 Å². The van der Waals surface area contributed by atoms with Gasteiger partial charge in [-0.05, 0) is 73.6 Å². The Hall–Kier alpha value is -3.92. The van der Waals surface area contributed by atoms with Gasteiger partial charge in [-0.1, -0.05) is 13.0 Å². The van der Waals surface area contributed by atoms with E-state index in [9.17, 15) is 19.4 Å². The molecule has 0 radical (unpaired) electrons. The highest BCUT2D eigenvalue weighted by molar-refractivity contribution is 6.01. The summed E-state index contributed by atoms with van der Waals surface area (Å²) in [6.45, 7) is 4.49. The summed E-state index contributed by atoms with van der Waals surface area (Å²) in [7, 11) is 0. The summed E-state index contributed by atoms with van der Waals surface area (Å²) in [5, 5.41) is 22.5. The van der Waals surface area contributed by atoms with Crippen LogP contribution in [0.4, 0.5) is 14.6 Å². The predicted octanol–water partition coefficient (Wildman–Crippen LogP) is 5.10. The number of β-amino-alcohol motifs (C(OH)–C–C–N with tert-alkyl or cyclic N) is 1. The molecule has 2 aliphatic rings. The molecule has 10 heteroatoms. The fourth-order valence-corrected chi connectivity index (χ4v) is 5.61. The van der Waals surface area contributed by atoms with Crippen molar-refractivity contribution in [3.05, 3.63) is 47.7 Å². The van der Waals surface area contributed by atoms with E-state index in [0.29, 0.717) is 66.2 Å². The number of aryl methyl sites for hydroxylation is 1. The van der Waals surface area contributed by atoms with Crippen molar-refractivity contribution in [3.63, 3.8) is 0 Å². The number of rotatable bonds is 7. The van der Waals surface area contributed by atoms with Crippen LogP contribution in [0.2, 0.25) is 0 Å². The fourth-order valence-electron chi connectivity index (χ4n) is 5.61. The van der Waals surface area contributed by atoms with Crippen LogP contribution in [0.25, 0.3) is 32.9 Å². The van der Waals surface area contributed by atoms with Crippen LogP contribution >= 0.6 is 0 Å². The number of aromatic nitrogens is 3. The maximum absolute atomic E-state index is 16.5. The van der Waals surface area contributed by atoms with Crippen molar-refractivity contribution in [3.8, 4) is 23.0 Å². The minimum Gasteiger partial charge on any atom is -0.508 e. The number of nitrogens with zero attached hydrogens (tertiary/aromatic N) is 4. The van der Waals surface area contributed by atoms with Crippen LogP contribution in [-0.4, -0.2) is 56.7 Å². The van der Waals surface area contributed by atoms with Gasteiger partial charge in [0.1, 0.15) is 41.5 Å². The van der Waals surface area contributed by atoms with Crippen LogP contribution in [0.15, 0.2) is 30.5 Å². The lowest BCUT2D eigenvalue weighted by molar-refractivity contribution is -0.113. The van der Waals surface area contributed by atoms with E-state index >= 15 is 4.39 Å². The number of piperidine rings is 1. The number of aldehydes is 1. The van der Waals surface area contributed by atoms with E-state index in [1.807, 2.05) is 4.90 Å². The van der Waals surface area contributed by atoms with Gasteiger partial charge in [-0.25, -0.2) is 8.78 Å². The molecule has 6 rings (SSSR count). The Morgan fingerprint density at radius 1 is 1.18 bits per heavy atom. The van der Waals surface area contributed by atoms with Crippen LogP contribution < -0.4 is 9.64 Å². The topological polar surface area (TPSA) is 109 Å². The third kappa shape index (κ3) is 4.60. The van der Waals surface area contributed by atoms with E-state index in [4.69, 9.17) is 4.74 Å². The van der Waals surface area contributed by atoms with Crippen molar-refractivity contribution in [2.75, 3.05) is 24.6 Å². The average Bonchev–Trinajstić information content (AvgIpc) is 3.72. The molecular weight excluding hydrogens is 518 g/mol. The molecule has 0 spiro atoms. The molecule has 0 bridgehead atoms. The quantitative estimate of drug-likeness (QED) is 0.307. The van der Waals surface area contributed by atoms with Crippen molar-refractivity contribution >= 4 is 33.8 Å². The molecule has 0 amide bonds. The molecule has 0 unspecified atom stereocenters. The molecule has 2 aromatic carbocycles. The van der Waals surface area contributed by atoms with Gasteiger partial charge in [0.15, 0.2) is 5.82 Å². The number of benzene rings is 2. The number of phenols is 1. The number of hydrogen-bond donors (Lipinski definition) is 2. The Kier molecular flexibility index (Phi) is 6.33. The molecule has 4 aromatic rings. The second-order valence-corrected chi connectivity index (χ2v) is 11.3. The van der Waals surface area contributed by atoms with E-state index < -0.39 is 22.7 Å². The molecule has 1 saturated carbocycles. The first kappa shape index (κ1) is 26.3. The number of fused-ring (bicyclic) bond motifs is 2. The smallest absolute Gasteiger partial charge is 0.319 e. The Bertz CT molecular complexity index is 1650. The van der Waals surface area contributed by atoms with Crippen LogP contribution in [0.1, 0.15) is 45.1 Å². The largest absolute Gasteiger partial charge is 0.508 e. The highest BCUT2D eigenvalue weighted by atomic mass is 19.1. The monoisotopic (exact) mass is 548 g/mol. The molecule has 208 valence electrons. The summed E-state index contributed by atoms with van der Waals surface area (Å²) in [4.78, 5) is 26.8. The first-order valence-electron chi connectivity index (χ1n) is 13.5. The van der Waals surface area contributed by atoms with Gasteiger partial charge in [0.25, 0.3) is 0 Å². The number of halogens is 2. The van der Waals surface area contributed by atoms with E-state index in [0.717, 1.165) is 6.29 Å². The molecule has 8 nitrogen and oxygen atoms in total. The van der Waals surface area contributed by atoms with Crippen molar-refractivity contribution in [1.82, 2.24) is 15.0 Å². The molecule has 2 N–H and O–H groups in total. The molecule has 2 aromatic heterocycles. The van der Waals surface area contributed by atoms with Gasteiger partial charge >= 0.3 is 6.01 Å². The van der Waals surface area contributed by atoms with Crippen LogP contribution in [0.5, 0.6) is 11.8 Å². The fraction of sp³-hybridized carbons (Fsp3) is 0.400. The molecule has 2 fully saturated rings. The lowest BCUT2D eigenvalue weighted by atomic mass is 9.94. The second-order valence-electron chi connectivity index (χ2n) is 11.3. The molecule has 40 heavy (non-hydrogen) atoms. The van der Waals surface area contributed by atoms with Crippen LogP contribution in [-0.2, 0) is 11.2 Å². The number of aliphatic hydroxyl groups is 1. The summed E-state index contributed by atoms with van der Waals surface area (Å²) in [5.74, 6) is -0.937. The molecular formula is C30H30F2N4O4. The highest BCUT2D eigenvalue weighted by Gasteiger charge is 2.44. The summed E-state index contributed by atoms with van der Waals surface area (Å²) in [6, 6.07) is 5.67. The van der Waals surface area contributed by atoms with Crippen molar-refractivity contribution < 1.29 is 28.5 Å². The maximum atomic E-state index is 16.5. The van der Waals surface area contributed by atoms with Gasteiger partial charge in [-0.3, -0.25) is 4.98 Å². The van der Waals surface area contributed by atoms with Gasteiger partial charge in [0.05, 0.1) is 16.4 Å². The van der Waals surface area contributed by atoms with Crippen LogP contribution in [0.3, 0.4) is 0 Å². The number of carbonyl (C=O) groups excluding carboxylic acids is 1. The lowest BCUT2D eigenvalue weighted by Gasteiger charge is -2.37. The Labute approximate surface area is 229 Å². The summed E-state index contributed by atoms with van der Waals surface area (Å²) >= 11 is 0. The van der Waals surface area contributed by atoms with E-state index in [-0.39, 0.29) is 41.7 Å². The maximum Gasteiger partial charge on any atom is 0.319 e. The second kappa shape index (κ2) is 9.62. The SMILES string of the molecule is CCc1c(F)ccc2cc(O)cc(-c3ncc4c(N5CCC[C@@](C)(O)C5)nc(OCC5(C=O)CC5)nc4c3F)c12. The zero-order valence-corrected chi connectivity index (χ0v) is 22.4. The lowest BCUT2D eigenvalue weighted by Crippen LogP contribution is -2.46. The zero-order chi connectivity index (χ0) is 28.2. The minimum atomic E-state index is -0.959. The third-order valence-electron chi connectivity index (χ3n) is 8.01. The number of phenolic OH excluding ortho intramolecular Hbond substituents is 1. The summed E-state index contributed by atoms with van der Waals surface area (Å²) in [6.07, 6.45) is 5.42. The molecule has 1 aliphatic heterocycles. The molecule has 3 heterocycles. The third-order valence-corrected chi connectivity index (χ3v) is 8.01. The van der Waals surface area contributed by atoms with Crippen molar-refractivity contribution in [2.24, 2.45) is 5.41 Å². The Balaban J connectivity index is 1.55. The summed E-state index contributed by atoms with van der Waals surface area (Å²) < 4.78 is 37.1. The number of aromatic hydroxyl groups is 1. The van der Waals surface area contributed by atoms with E-state index in [1.54, 1.807) is 19.9 Å². The minimum absolute atomic E-state index is 0.0582. The van der Waals surface area contributed by atoms with Gasteiger partial charge in [-0.15, -0.1) is 0 Å². The molecule has 1 atom stereocenters. The van der Waals surface area contributed by atoms with Crippen molar-refractivity contribution in [2.45, 2.75) is 51.6 Å². The number of hydrogen-bond acceptors (Lipinski definition) is 8. The first-order chi connectivity index (χ1) is 19.1. The van der Waals surface area contributed by atoms with Crippen LogP contribution in [0, 0.1) is 17.0 Å². The van der Waals surface area contributed by atoms with Gasteiger partial charge in [-0.2, -0.15) is 9.97 Å². The number of ether oxygens (including phenoxy) is 1. The molecule has 1 aliphatic carbocycles. The van der Waals surface area contributed by atoms with Crippen molar-refractivity contribution in [1.29, 1.82) is 0 Å². The molecule has 1 saturated heterocycles. The average molecular weight is 549 g/mol. The normalized spacial score (nSPS) is 20.2. The van der Waals surface area contributed by atoms with E-state index in [1.165, 1.54) is 24.4 Å². The first-order valence-corrected chi connectivity index (χ1v) is 13.5. The number of anilines is 1. The highest BCUT2D eigenvalue weighted by Crippen LogP contribution is 2.44. The number of carbonyl (C=O) groups is 1.